The van der Waals surface area contributed by atoms with Crippen molar-refractivity contribution in [3.8, 4) is 0 Å². The van der Waals surface area contributed by atoms with Gasteiger partial charge in [-0.2, -0.15) is 0 Å². The molecule has 4 heteroatoms. The van der Waals surface area contributed by atoms with Gasteiger partial charge in [0.15, 0.2) is 0 Å². The van der Waals surface area contributed by atoms with Crippen molar-refractivity contribution in [2.45, 2.75) is 39.0 Å². The number of rotatable bonds is 1. The molecule has 0 bridgehead atoms. The van der Waals surface area contributed by atoms with E-state index in [1.54, 1.807) is 4.90 Å². The fraction of sp³-hybridized carbons (Fsp3) is 0.333. The molecule has 2 aromatic rings. The molecule has 0 saturated heterocycles. The van der Waals surface area contributed by atoms with Crippen LogP contribution in [0.3, 0.4) is 0 Å². The van der Waals surface area contributed by atoms with Crippen LogP contribution in [0.1, 0.15) is 38.3 Å². The maximum atomic E-state index is 12.6. The molecule has 0 aliphatic carbocycles. The molecule has 25 heavy (non-hydrogen) atoms. The van der Waals surface area contributed by atoms with Gasteiger partial charge in [0.05, 0.1) is 0 Å². The van der Waals surface area contributed by atoms with Crippen LogP contribution >= 0.6 is 0 Å². The number of para-hydroxylation sites is 1. The van der Waals surface area contributed by atoms with Crippen LogP contribution in [0, 0.1) is 0 Å². The van der Waals surface area contributed by atoms with Crippen molar-refractivity contribution in [3.63, 3.8) is 0 Å². The van der Waals surface area contributed by atoms with Gasteiger partial charge in [-0.3, -0.25) is 9.59 Å². The summed E-state index contributed by atoms with van der Waals surface area (Å²) in [6.07, 6.45) is 1.81. The number of benzene rings is 2. The number of aryl methyl sites for hydroxylation is 1. The Hall–Kier alpha value is -2.62. The number of fused-ring (bicyclic) bond motifs is 1. The molecule has 0 fully saturated rings. The number of amides is 2. The van der Waals surface area contributed by atoms with Crippen molar-refractivity contribution >= 4 is 23.2 Å². The van der Waals surface area contributed by atoms with Crippen LogP contribution in [-0.4, -0.2) is 18.4 Å². The van der Waals surface area contributed by atoms with Crippen molar-refractivity contribution in [3.05, 3.63) is 59.7 Å². The molecule has 4 nitrogen and oxygen atoms in total. The van der Waals surface area contributed by atoms with Gasteiger partial charge in [-0.1, -0.05) is 51.1 Å². The van der Waals surface area contributed by atoms with E-state index in [1.165, 1.54) is 5.56 Å². The molecule has 0 spiro atoms. The van der Waals surface area contributed by atoms with E-state index >= 15 is 0 Å². The van der Waals surface area contributed by atoms with Crippen molar-refractivity contribution in [2.75, 3.05) is 16.8 Å². The Labute approximate surface area is 148 Å². The Bertz CT molecular complexity index is 788. The Morgan fingerprint density at radius 2 is 1.68 bits per heavy atom. The van der Waals surface area contributed by atoms with Gasteiger partial charge in [-0.05, 0) is 47.6 Å². The molecule has 1 aliphatic heterocycles. The second kappa shape index (κ2) is 6.71. The summed E-state index contributed by atoms with van der Waals surface area (Å²) in [5, 5.41) is 2.72. The van der Waals surface area contributed by atoms with Gasteiger partial charge >= 0.3 is 11.8 Å². The van der Waals surface area contributed by atoms with Gasteiger partial charge < -0.3 is 10.2 Å². The monoisotopic (exact) mass is 336 g/mol. The van der Waals surface area contributed by atoms with E-state index in [4.69, 9.17) is 0 Å². The number of nitrogens with one attached hydrogen (secondary N) is 1. The van der Waals surface area contributed by atoms with Crippen molar-refractivity contribution < 1.29 is 9.59 Å². The Morgan fingerprint density at radius 1 is 1.00 bits per heavy atom. The molecule has 0 unspecified atom stereocenters. The normalized spacial score (nSPS) is 14.0. The summed E-state index contributed by atoms with van der Waals surface area (Å²) in [4.78, 5) is 26.6. The average Bonchev–Trinajstić information content (AvgIpc) is 2.60. The fourth-order valence-electron chi connectivity index (χ4n) is 3.11. The highest BCUT2D eigenvalue weighted by molar-refractivity contribution is 6.44. The van der Waals surface area contributed by atoms with Gasteiger partial charge in [0.2, 0.25) is 0 Å². The second-order valence-electron chi connectivity index (χ2n) is 7.47. The minimum atomic E-state index is -0.597. The summed E-state index contributed by atoms with van der Waals surface area (Å²) in [6.45, 7) is 6.99. The summed E-state index contributed by atoms with van der Waals surface area (Å²) in [5.74, 6) is -1.10. The summed E-state index contributed by atoms with van der Waals surface area (Å²) in [7, 11) is 0. The molecule has 0 aromatic heterocycles. The molecule has 0 atom stereocenters. The second-order valence-corrected chi connectivity index (χ2v) is 7.47. The zero-order valence-corrected chi connectivity index (χ0v) is 15.0. The maximum Gasteiger partial charge on any atom is 0.316 e. The highest BCUT2D eigenvalue weighted by Crippen LogP contribution is 2.27. The van der Waals surface area contributed by atoms with Gasteiger partial charge in [0, 0.05) is 17.9 Å². The zero-order valence-electron chi connectivity index (χ0n) is 15.0. The predicted octanol–water partition coefficient (Wildman–Crippen LogP) is 3.90. The molecule has 0 saturated carbocycles. The maximum absolute atomic E-state index is 12.6. The van der Waals surface area contributed by atoms with Crippen LogP contribution in [0.15, 0.2) is 48.5 Å². The molecule has 0 radical (unpaired) electrons. The number of carbonyl (C=O) groups is 2. The fourth-order valence-corrected chi connectivity index (χ4v) is 3.11. The van der Waals surface area contributed by atoms with Crippen LogP contribution in [0.5, 0.6) is 0 Å². The standard InChI is InChI=1S/C21H24N2O2/c1-21(2,3)16-10-12-17(13-11-16)22-19(24)20(25)23-14-6-8-15-7-4-5-9-18(15)23/h4-5,7,9-13H,6,8,14H2,1-3H3,(H,22,24). The number of carbonyl (C=O) groups excluding carboxylic acids is 2. The molecule has 1 aliphatic rings. The van der Waals surface area contributed by atoms with E-state index in [1.807, 2.05) is 48.5 Å². The minimum Gasteiger partial charge on any atom is -0.318 e. The van der Waals surface area contributed by atoms with Gasteiger partial charge in [-0.25, -0.2) is 0 Å². The first-order valence-corrected chi connectivity index (χ1v) is 8.67. The lowest BCUT2D eigenvalue weighted by Gasteiger charge is -2.28. The van der Waals surface area contributed by atoms with Gasteiger partial charge in [0.25, 0.3) is 0 Å². The Kier molecular flexibility index (Phi) is 4.62. The summed E-state index contributed by atoms with van der Waals surface area (Å²) in [6, 6.07) is 15.4. The molecule has 1 N–H and O–H groups in total. The largest absolute Gasteiger partial charge is 0.318 e. The predicted molar refractivity (Wildman–Crippen MR) is 101 cm³/mol. The molecule has 130 valence electrons. The lowest BCUT2D eigenvalue weighted by atomic mass is 9.87. The first-order valence-electron chi connectivity index (χ1n) is 8.67. The number of hydrogen-bond acceptors (Lipinski definition) is 2. The van der Waals surface area contributed by atoms with Gasteiger partial charge in [0.1, 0.15) is 0 Å². The molecular formula is C21H24N2O2. The van der Waals surface area contributed by atoms with Crippen LogP contribution in [-0.2, 0) is 21.4 Å². The van der Waals surface area contributed by atoms with E-state index in [2.05, 4.69) is 26.1 Å². The molecular weight excluding hydrogens is 312 g/mol. The summed E-state index contributed by atoms with van der Waals surface area (Å²) < 4.78 is 0. The van der Waals surface area contributed by atoms with Crippen molar-refractivity contribution in [1.29, 1.82) is 0 Å². The Balaban J connectivity index is 1.73. The van der Waals surface area contributed by atoms with Crippen LogP contribution in [0.2, 0.25) is 0 Å². The van der Waals surface area contributed by atoms with Crippen LogP contribution < -0.4 is 10.2 Å². The number of hydrogen-bond donors (Lipinski definition) is 1. The van der Waals surface area contributed by atoms with E-state index in [9.17, 15) is 9.59 Å². The van der Waals surface area contributed by atoms with Crippen molar-refractivity contribution in [2.24, 2.45) is 0 Å². The quantitative estimate of drug-likeness (QED) is 0.803. The molecule has 2 aromatic carbocycles. The lowest BCUT2D eigenvalue weighted by Crippen LogP contribution is -2.42. The van der Waals surface area contributed by atoms with Crippen molar-refractivity contribution in [1.82, 2.24) is 0 Å². The third-order valence-electron chi connectivity index (χ3n) is 4.56. The van der Waals surface area contributed by atoms with Crippen LogP contribution in [0.25, 0.3) is 0 Å². The smallest absolute Gasteiger partial charge is 0.316 e. The first-order chi connectivity index (χ1) is 11.9. The average molecular weight is 336 g/mol. The van der Waals surface area contributed by atoms with E-state index in [-0.39, 0.29) is 5.41 Å². The van der Waals surface area contributed by atoms with E-state index in [0.29, 0.717) is 12.2 Å². The van der Waals surface area contributed by atoms with E-state index < -0.39 is 11.8 Å². The number of nitrogens with zero attached hydrogens (tertiary/aromatic N) is 1. The summed E-state index contributed by atoms with van der Waals surface area (Å²) >= 11 is 0. The molecule has 2 amide bonds. The first kappa shape index (κ1) is 17.2. The lowest BCUT2D eigenvalue weighted by molar-refractivity contribution is -0.134. The minimum absolute atomic E-state index is 0.0515. The molecule has 1 heterocycles. The number of anilines is 2. The van der Waals surface area contributed by atoms with E-state index in [0.717, 1.165) is 24.1 Å². The summed E-state index contributed by atoms with van der Waals surface area (Å²) in [5.41, 5.74) is 3.83. The van der Waals surface area contributed by atoms with Gasteiger partial charge in [-0.15, -0.1) is 0 Å². The highest BCUT2D eigenvalue weighted by atomic mass is 16.2. The highest BCUT2D eigenvalue weighted by Gasteiger charge is 2.27. The SMILES string of the molecule is CC(C)(C)c1ccc(NC(=O)C(=O)N2CCCc3ccccc32)cc1. The Morgan fingerprint density at radius 3 is 2.36 bits per heavy atom. The zero-order chi connectivity index (χ0) is 18.0. The third kappa shape index (κ3) is 3.73. The third-order valence-corrected chi connectivity index (χ3v) is 4.56. The topological polar surface area (TPSA) is 49.4 Å². The van der Waals surface area contributed by atoms with Crippen LogP contribution in [0.4, 0.5) is 11.4 Å². The molecule has 3 rings (SSSR count).